The fourth-order valence-corrected chi connectivity index (χ4v) is 4.10. The Morgan fingerprint density at radius 1 is 1.14 bits per heavy atom. The summed E-state index contributed by atoms with van der Waals surface area (Å²) in [6, 6.07) is 13.6. The number of carbonyl (C=O) groups excluding carboxylic acids is 2. The second-order valence-corrected chi connectivity index (χ2v) is 8.93. The molecule has 0 radical (unpaired) electrons. The van der Waals surface area contributed by atoms with Crippen LogP contribution >= 0.6 is 0 Å². The first kappa shape index (κ1) is 24.6. The number of amides is 2. The Hall–Kier alpha value is -3.52. The summed E-state index contributed by atoms with van der Waals surface area (Å²) in [4.78, 5) is 27.4. The van der Waals surface area contributed by atoms with Gasteiger partial charge in [0.15, 0.2) is 11.5 Å². The topological polar surface area (TPSA) is 84.7 Å². The van der Waals surface area contributed by atoms with E-state index in [0.29, 0.717) is 25.5 Å². The van der Waals surface area contributed by atoms with Crippen LogP contribution in [0.1, 0.15) is 46.4 Å². The summed E-state index contributed by atoms with van der Waals surface area (Å²) < 4.78 is 24.3. The summed E-state index contributed by atoms with van der Waals surface area (Å²) in [6.07, 6.45) is 1.88. The molecule has 2 aromatic carbocycles. The Labute approximate surface area is 204 Å². The molecule has 0 aliphatic carbocycles. The van der Waals surface area contributed by atoms with Crippen LogP contribution in [0, 0.1) is 19.7 Å². The molecule has 0 unspecified atom stereocenters. The minimum atomic E-state index is -0.322. The predicted molar refractivity (Wildman–Crippen MR) is 129 cm³/mol. The molecule has 1 aromatic heterocycles. The zero-order valence-electron chi connectivity index (χ0n) is 20.1. The van der Waals surface area contributed by atoms with Crippen LogP contribution in [-0.2, 0) is 16.1 Å². The smallest absolute Gasteiger partial charge is 0.276 e. The SMILES string of the molecule is Cc1ccc(C)c(-c2cc(C(=O)N(CCC(=O)NCc3ccc(F)cc3)C[C@H]3CCCO3)no2)c1. The number of carbonyl (C=O) groups is 2. The lowest BCUT2D eigenvalue weighted by Gasteiger charge is -2.24. The summed E-state index contributed by atoms with van der Waals surface area (Å²) in [5, 5.41) is 6.85. The molecule has 2 heterocycles. The highest BCUT2D eigenvalue weighted by molar-refractivity contribution is 5.93. The molecule has 0 saturated carbocycles. The van der Waals surface area contributed by atoms with E-state index >= 15 is 0 Å². The standard InChI is InChI=1S/C27H30FN3O4/c1-18-5-6-19(2)23(14-18)25-15-24(30-35-25)27(33)31(17-22-4-3-13-34-22)12-11-26(32)29-16-20-7-9-21(28)10-8-20/h5-10,14-15,22H,3-4,11-13,16-17H2,1-2H3,(H,29,32)/t22-/m1/s1. The lowest BCUT2D eigenvalue weighted by atomic mass is 10.0. The fourth-order valence-electron chi connectivity index (χ4n) is 4.10. The normalized spacial score (nSPS) is 15.2. The van der Waals surface area contributed by atoms with E-state index in [4.69, 9.17) is 9.26 Å². The first-order chi connectivity index (χ1) is 16.9. The van der Waals surface area contributed by atoms with E-state index in [1.54, 1.807) is 23.1 Å². The van der Waals surface area contributed by atoms with Crippen molar-refractivity contribution < 1.29 is 23.2 Å². The third-order valence-corrected chi connectivity index (χ3v) is 6.13. The van der Waals surface area contributed by atoms with Crippen LogP contribution in [0.2, 0.25) is 0 Å². The van der Waals surface area contributed by atoms with Crippen LogP contribution in [0.3, 0.4) is 0 Å². The molecular weight excluding hydrogens is 449 g/mol. The zero-order chi connectivity index (χ0) is 24.8. The number of aryl methyl sites for hydroxylation is 2. The van der Waals surface area contributed by atoms with Gasteiger partial charge >= 0.3 is 0 Å². The van der Waals surface area contributed by atoms with Crippen LogP contribution < -0.4 is 5.32 Å². The molecule has 0 bridgehead atoms. The number of nitrogens with zero attached hydrogens (tertiary/aromatic N) is 2. The van der Waals surface area contributed by atoms with Gasteiger partial charge in [-0.3, -0.25) is 9.59 Å². The van der Waals surface area contributed by atoms with Gasteiger partial charge in [0.1, 0.15) is 5.82 Å². The first-order valence-electron chi connectivity index (χ1n) is 11.9. The van der Waals surface area contributed by atoms with Crippen LogP contribution in [-0.4, -0.2) is 47.7 Å². The van der Waals surface area contributed by atoms with Crippen molar-refractivity contribution in [1.29, 1.82) is 0 Å². The second kappa shape index (κ2) is 11.3. The molecule has 8 heteroatoms. The zero-order valence-corrected chi connectivity index (χ0v) is 20.1. The third-order valence-electron chi connectivity index (χ3n) is 6.13. The highest BCUT2D eigenvalue weighted by Gasteiger charge is 2.26. The second-order valence-electron chi connectivity index (χ2n) is 8.93. The predicted octanol–water partition coefficient (Wildman–Crippen LogP) is 4.43. The summed E-state index contributed by atoms with van der Waals surface area (Å²) in [5.74, 6) is -0.288. The van der Waals surface area contributed by atoms with Crippen molar-refractivity contribution >= 4 is 11.8 Å². The van der Waals surface area contributed by atoms with E-state index in [1.807, 2.05) is 32.0 Å². The van der Waals surface area contributed by atoms with Crippen molar-refractivity contribution in [2.24, 2.45) is 0 Å². The van der Waals surface area contributed by atoms with Gasteiger partial charge in [0.25, 0.3) is 5.91 Å². The molecule has 4 rings (SSSR count). The molecule has 1 fully saturated rings. The molecule has 3 aromatic rings. The molecule has 7 nitrogen and oxygen atoms in total. The molecular formula is C27H30FN3O4. The maximum absolute atomic E-state index is 13.3. The fraction of sp³-hybridized carbons (Fsp3) is 0.370. The van der Waals surface area contributed by atoms with Crippen molar-refractivity contribution in [2.45, 2.75) is 45.8 Å². The average molecular weight is 480 g/mol. The largest absolute Gasteiger partial charge is 0.376 e. The Morgan fingerprint density at radius 2 is 1.94 bits per heavy atom. The molecule has 1 saturated heterocycles. The molecule has 1 N–H and O–H groups in total. The van der Waals surface area contributed by atoms with E-state index in [0.717, 1.165) is 35.1 Å². The number of rotatable bonds is 9. The van der Waals surface area contributed by atoms with Crippen molar-refractivity contribution in [1.82, 2.24) is 15.4 Å². The van der Waals surface area contributed by atoms with Gasteiger partial charge in [-0.15, -0.1) is 0 Å². The molecule has 1 aliphatic rings. The molecule has 1 aliphatic heterocycles. The number of aromatic nitrogens is 1. The molecule has 35 heavy (non-hydrogen) atoms. The third kappa shape index (κ3) is 6.54. The maximum Gasteiger partial charge on any atom is 0.276 e. The van der Waals surface area contributed by atoms with E-state index < -0.39 is 0 Å². The Kier molecular flexibility index (Phi) is 7.92. The quantitative estimate of drug-likeness (QED) is 0.491. The Balaban J connectivity index is 1.41. The number of benzene rings is 2. The van der Waals surface area contributed by atoms with Crippen LogP contribution in [0.15, 0.2) is 53.1 Å². The number of halogens is 1. The summed E-state index contributed by atoms with van der Waals surface area (Å²) in [5.41, 5.74) is 4.00. The van der Waals surface area contributed by atoms with Gasteiger partial charge in [-0.2, -0.15) is 0 Å². The van der Waals surface area contributed by atoms with Gasteiger partial charge < -0.3 is 19.5 Å². The van der Waals surface area contributed by atoms with E-state index in [2.05, 4.69) is 10.5 Å². The molecule has 1 atom stereocenters. The van der Waals surface area contributed by atoms with Gasteiger partial charge in [-0.1, -0.05) is 35.0 Å². The summed E-state index contributed by atoms with van der Waals surface area (Å²) in [6.45, 7) is 5.55. The molecule has 2 amide bonds. The minimum Gasteiger partial charge on any atom is -0.376 e. The molecule has 0 spiro atoms. The van der Waals surface area contributed by atoms with Gasteiger partial charge in [0.05, 0.1) is 6.10 Å². The van der Waals surface area contributed by atoms with Crippen molar-refractivity contribution in [3.63, 3.8) is 0 Å². The van der Waals surface area contributed by atoms with Gasteiger partial charge in [-0.25, -0.2) is 4.39 Å². The summed E-state index contributed by atoms with van der Waals surface area (Å²) >= 11 is 0. The lowest BCUT2D eigenvalue weighted by Crippen LogP contribution is -2.40. The highest BCUT2D eigenvalue weighted by atomic mass is 19.1. The highest BCUT2D eigenvalue weighted by Crippen LogP contribution is 2.26. The number of hydrogen-bond donors (Lipinski definition) is 1. The lowest BCUT2D eigenvalue weighted by molar-refractivity contribution is -0.121. The maximum atomic E-state index is 13.3. The summed E-state index contributed by atoms with van der Waals surface area (Å²) in [7, 11) is 0. The first-order valence-corrected chi connectivity index (χ1v) is 11.9. The monoisotopic (exact) mass is 479 g/mol. The van der Waals surface area contributed by atoms with Gasteiger partial charge in [-0.05, 0) is 56.0 Å². The van der Waals surface area contributed by atoms with Crippen LogP contribution in [0.25, 0.3) is 11.3 Å². The van der Waals surface area contributed by atoms with Crippen molar-refractivity contribution in [3.8, 4) is 11.3 Å². The Bertz CT molecular complexity index is 1170. The van der Waals surface area contributed by atoms with E-state index in [1.165, 1.54) is 12.1 Å². The number of nitrogens with one attached hydrogen (secondary N) is 1. The van der Waals surface area contributed by atoms with Crippen LogP contribution in [0.4, 0.5) is 4.39 Å². The average Bonchev–Trinajstić information content (AvgIpc) is 3.55. The van der Waals surface area contributed by atoms with Crippen molar-refractivity contribution in [2.75, 3.05) is 19.7 Å². The Morgan fingerprint density at radius 3 is 2.69 bits per heavy atom. The minimum absolute atomic E-state index is 0.0633. The molecule has 184 valence electrons. The van der Waals surface area contributed by atoms with Gasteiger partial charge in [0, 0.05) is 44.3 Å². The number of ether oxygens (including phenoxy) is 1. The van der Waals surface area contributed by atoms with Crippen molar-refractivity contribution in [3.05, 3.63) is 76.7 Å². The van der Waals surface area contributed by atoms with E-state index in [9.17, 15) is 14.0 Å². The van der Waals surface area contributed by atoms with E-state index in [-0.39, 0.29) is 42.4 Å². The number of hydrogen-bond acceptors (Lipinski definition) is 5. The van der Waals surface area contributed by atoms with Crippen LogP contribution in [0.5, 0.6) is 0 Å². The van der Waals surface area contributed by atoms with Gasteiger partial charge in [0.2, 0.25) is 5.91 Å².